The van der Waals surface area contributed by atoms with Gasteiger partial charge in [0.05, 0.1) is 16.9 Å². The molecule has 0 aliphatic heterocycles. The SMILES string of the molecule is Cc1cc(N(C)CCCN)c(C#N)c(C)n1. The third kappa shape index (κ3) is 2.71. The van der Waals surface area contributed by atoms with Crippen LogP contribution < -0.4 is 10.6 Å². The standard InChI is InChI=1S/C12H18N4/c1-9-7-12(16(3)6-4-5-13)11(8-14)10(2)15-9/h7H,4-6,13H2,1-3H3. The summed E-state index contributed by atoms with van der Waals surface area (Å²) < 4.78 is 0. The quantitative estimate of drug-likeness (QED) is 0.828. The first kappa shape index (κ1) is 12.5. The topological polar surface area (TPSA) is 65.9 Å². The molecule has 16 heavy (non-hydrogen) atoms. The van der Waals surface area contributed by atoms with Gasteiger partial charge in [0.2, 0.25) is 0 Å². The zero-order valence-electron chi connectivity index (χ0n) is 10.1. The van der Waals surface area contributed by atoms with Crippen LogP contribution in [0, 0.1) is 25.2 Å². The molecule has 86 valence electrons. The van der Waals surface area contributed by atoms with E-state index in [0.717, 1.165) is 30.0 Å². The van der Waals surface area contributed by atoms with E-state index in [1.54, 1.807) is 0 Å². The van der Waals surface area contributed by atoms with Gasteiger partial charge in [-0.15, -0.1) is 0 Å². The number of hydrogen-bond donors (Lipinski definition) is 1. The summed E-state index contributed by atoms with van der Waals surface area (Å²) in [6, 6.07) is 4.16. The minimum absolute atomic E-state index is 0.658. The maximum Gasteiger partial charge on any atom is 0.103 e. The first-order chi connectivity index (χ1) is 7.60. The fraction of sp³-hybridized carbons (Fsp3) is 0.500. The van der Waals surface area contributed by atoms with E-state index in [9.17, 15) is 0 Å². The highest BCUT2D eigenvalue weighted by molar-refractivity contribution is 5.61. The van der Waals surface area contributed by atoms with E-state index in [1.165, 1.54) is 0 Å². The molecule has 0 bridgehead atoms. The fourth-order valence-corrected chi connectivity index (χ4v) is 1.70. The normalized spacial score (nSPS) is 9.94. The van der Waals surface area contributed by atoms with Crippen LogP contribution in [0.5, 0.6) is 0 Å². The zero-order chi connectivity index (χ0) is 12.1. The summed E-state index contributed by atoms with van der Waals surface area (Å²) in [6.45, 7) is 5.32. The summed E-state index contributed by atoms with van der Waals surface area (Å²) >= 11 is 0. The van der Waals surface area contributed by atoms with Crippen LogP contribution in [0.25, 0.3) is 0 Å². The average Bonchev–Trinajstić information content (AvgIpc) is 2.24. The Labute approximate surface area is 96.7 Å². The van der Waals surface area contributed by atoms with E-state index < -0.39 is 0 Å². The molecule has 0 amide bonds. The van der Waals surface area contributed by atoms with E-state index in [1.807, 2.05) is 27.0 Å². The first-order valence-corrected chi connectivity index (χ1v) is 5.39. The van der Waals surface area contributed by atoms with Gasteiger partial charge in [-0.3, -0.25) is 4.98 Å². The molecule has 0 saturated heterocycles. The van der Waals surface area contributed by atoms with E-state index in [0.29, 0.717) is 12.1 Å². The Morgan fingerprint density at radius 1 is 1.50 bits per heavy atom. The Balaban J connectivity index is 3.07. The molecule has 1 aromatic rings. The van der Waals surface area contributed by atoms with Crippen LogP contribution in [-0.2, 0) is 0 Å². The van der Waals surface area contributed by atoms with Crippen molar-refractivity contribution in [3.05, 3.63) is 23.0 Å². The lowest BCUT2D eigenvalue weighted by Crippen LogP contribution is -2.22. The van der Waals surface area contributed by atoms with Gasteiger partial charge in [-0.2, -0.15) is 5.26 Å². The summed E-state index contributed by atoms with van der Waals surface area (Å²) in [4.78, 5) is 6.36. The zero-order valence-corrected chi connectivity index (χ0v) is 10.1. The van der Waals surface area contributed by atoms with Gasteiger partial charge in [0.25, 0.3) is 0 Å². The van der Waals surface area contributed by atoms with Crippen molar-refractivity contribution in [2.75, 3.05) is 25.0 Å². The second-order valence-corrected chi connectivity index (χ2v) is 3.92. The lowest BCUT2D eigenvalue weighted by molar-refractivity contribution is 0.793. The Hall–Kier alpha value is -1.60. The van der Waals surface area contributed by atoms with Gasteiger partial charge < -0.3 is 10.6 Å². The van der Waals surface area contributed by atoms with Crippen molar-refractivity contribution in [3.8, 4) is 6.07 Å². The van der Waals surface area contributed by atoms with E-state index in [-0.39, 0.29) is 0 Å². The van der Waals surface area contributed by atoms with Crippen LogP contribution in [-0.4, -0.2) is 25.1 Å². The number of nitriles is 1. The van der Waals surface area contributed by atoms with Crippen molar-refractivity contribution in [2.45, 2.75) is 20.3 Å². The number of rotatable bonds is 4. The van der Waals surface area contributed by atoms with E-state index >= 15 is 0 Å². The van der Waals surface area contributed by atoms with E-state index in [4.69, 9.17) is 11.0 Å². The third-order valence-corrected chi connectivity index (χ3v) is 2.53. The van der Waals surface area contributed by atoms with Crippen LogP contribution >= 0.6 is 0 Å². The monoisotopic (exact) mass is 218 g/mol. The highest BCUT2D eigenvalue weighted by Gasteiger charge is 2.11. The summed E-state index contributed by atoms with van der Waals surface area (Å²) in [7, 11) is 1.98. The molecule has 0 fully saturated rings. The number of pyridine rings is 1. The van der Waals surface area contributed by atoms with Crippen molar-refractivity contribution in [3.63, 3.8) is 0 Å². The molecule has 1 rings (SSSR count). The van der Waals surface area contributed by atoms with Crippen LogP contribution in [0.2, 0.25) is 0 Å². The first-order valence-electron chi connectivity index (χ1n) is 5.39. The number of hydrogen-bond acceptors (Lipinski definition) is 4. The molecular weight excluding hydrogens is 200 g/mol. The summed E-state index contributed by atoms with van der Waals surface area (Å²) in [5.41, 5.74) is 8.81. The molecule has 2 N–H and O–H groups in total. The van der Waals surface area contributed by atoms with Gasteiger partial charge in [0.1, 0.15) is 6.07 Å². The van der Waals surface area contributed by atoms with Crippen LogP contribution in [0.15, 0.2) is 6.07 Å². The molecular formula is C12H18N4. The second kappa shape index (κ2) is 5.47. The van der Waals surface area contributed by atoms with Crippen LogP contribution in [0.1, 0.15) is 23.4 Å². The predicted molar refractivity (Wildman–Crippen MR) is 65.4 cm³/mol. The molecule has 0 aromatic carbocycles. The smallest absolute Gasteiger partial charge is 0.103 e. The number of aromatic nitrogens is 1. The second-order valence-electron chi connectivity index (χ2n) is 3.92. The molecule has 0 spiro atoms. The van der Waals surface area contributed by atoms with Gasteiger partial charge >= 0.3 is 0 Å². The number of aryl methyl sites for hydroxylation is 2. The largest absolute Gasteiger partial charge is 0.373 e. The van der Waals surface area contributed by atoms with Gasteiger partial charge in [-0.25, -0.2) is 0 Å². The predicted octanol–water partition coefficient (Wildman–Crippen LogP) is 1.36. The van der Waals surface area contributed by atoms with Crippen molar-refractivity contribution in [2.24, 2.45) is 5.73 Å². The summed E-state index contributed by atoms with van der Waals surface area (Å²) in [6.07, 6.45) is 0.918. The molecule has 1 heterocycles. The molecule has 0 saturated carbocycles. The van der Waals surface area contributed by atoms with Gasteiger partial charge in [0, 0.05) is 19.3 Å². The Kier molecular flexibility index (Phi) is 4.27. The molecule has 0 radical (unpaired) electrons. The van der Waals surface area contributed by atoms with Gasteiger partial charge in [0.15, 0.2) is 0 Å². The molecule has 4 nitrogen and oxygen atoms in total. The van der Waals surface area contributed by atoms with Crippen molar-refractivity contribution < 1.29 is 0 Å². The van der Waals surface area contributed by atoms with Crippen molar-refractivity contribution in [1.29, 1.82) is 5.26 Å². The average molecular weight is 218 g/mol. The fourth-order valence-electron chi connectivity index (χ4n) is 1.70. The number of anilines is 1. The summed E-state index contributed by atoms with van der Waals surface area (Å²) in [5, 5.41) is 9.12. The lowest BCUT2D eigenvalue weighted by atomic mass is 10.1. The Morgan fingerprint density at radius 2 is 2.19 bits per heavy atom. The maximum absolute atomic E-state index is 9.12. The third-order valence-electron chi connectivity index (χ3n) is 2.53. The molecule has 0 unspecified atom stereocenters. The highest BCUT2D eigenvalue weighted by atomic mass is 15.1. The van der Waals surface area contributed by atoms with Gasteiger partial charge in [-0.05, 0) is 32.9 Å². The van der Waals surface area contributed by atoms with Crippen LogP contribution in [0.3, 0.4) is 0 Å². The van der Waals surface area contributed by atoms with Crippen molar-refractivity contribution >= 4 is 5.69 Å². The molecule has 0 aliphatic carbocycles. The molecule has 0 aliphatic rings. The summed E-state index contributed by atoms with van der Waals surface area (Å²) in [5.74, 6) is 0. The highest BCUT2D eigenvalue weighted by Crippen LogP contribution is 2.22. The Morgan fingerprint density at radius 3 is 2.75 bits per heavy atom. The van der Waals surface area contributed by atoms with Crippen LogP contribution in [0.4, 0.5) is 5.69 Å². The van der Waals surface area contributed by atoms with Crippen molar-refractivity contribution in [1.82, 2.24) is 4.98 Å². The molecule has 0 atom stereocenters. The number of nitrogens with two attached hydrogens (primary N) is 1. The lowest BCUT2D eigenvalue weighted by Gasteiger charge is -2.21. The number of nitrogens with zero attached hydrogens (tertiary/aromatic N) is 3. The molecule has 4 heteroatoms. The Bertz CT molecular complexity index is 406. The molecule has 1 aromatic heterocycles. The minimum atomic E-state index is 0.658. The van der Waals surface area contributed by atoms with E-state index in [2.05, 4.69) is 16.0 Å². The van der Waals surface area contributed by atoms with Gasteiger partial charge in [-0.1, -0.05) is 0 Å². The maximum atomic E-state index is 9.12. The minimum Gasteiger partial charge on any atom is -0.373 e.